The van der Waals surface area contributed by atoms with E-state index in [1.807, 2.05) is 13.8 Å². The molecular weight excluding hydrogens is 369 g/mol. The molecule has 1 N–H and O–H groups in total. The second kappa shape index (κ2) is 5.74. The molecule has 1 saturated heterocycles. The van der Waals surface area contributed by atoms with Gasteiger partial charge in [0.05, 0.1) is 28.8 Å². The van der Waals surface area contributed by atoms with Crippen molar-refractivity contribution in [1.82, 2.24) is 0 Å². The van der Waals surface area contributed by atoms with E-state index in [1.165, 1.54) is 6.07 Å². The van der Waals surface area contributed by atoms with Gasteiger partial charge in [-0.2, -0.15) is 13.2 Å². The zero-order valence-electron chi connectivity index (χ0n) is 15.8. The first kappa shape index (κ1) is 18.0. The number of fused-ring (bicyclic) bond motifs is 1. The van der Waals surface area contributed by atoms with Crippen molar-refractivity contribution in [3.63, 3.8) is 0 Å². The predicted octanol–water partition coefficient (Wildman–Crippen LogP) is 4.31. The number of rotatable bonds is 3. The van der Waals surface area contributed by atoms with Crippen LogP contribution in [0.15, 0.2) is 18.2 Å². The topological polar surface area (TPSA) is 49.4 Å². The number of halogens is 3. The standard InChI is InChI=1S/C21H23F3N2O2/c1-9(2)25-15-6-3-10(21(22,23)24)7-16(15)26-19(27)17-11-4-5-12(14-8-13(11)14)18(17)20(26)28/h3,6-7,9,11-14,17-18,25H,4-5,8H2,1-2H3. The van der Waals surface area contributed by atoms with Crippen LogP contribution >= 0.6 is 0 Å². The summed E-state index contributed by atoms with van der Waals surface area (Å²) in [5, 5.41) is 3.09. The Balaban J connectivity index is 1.58. The van der Waals surface area contributed by atoms with Gasteiger partial charge >= 0.3 is 6.18 Å². The van der Waals surface area contributed by atoms with Crippen molar-refractivity contribution in [2.75, 3.05) is 10.2 Å². The third-order valence-electron chi connectivity index (χ3n) is 7.16. The molecule has 5 aliphatic rings. The number of hydrogen-bond acceptors (Lipinski definition) is 3. The van der Waals surface area contributed by atoms with Crippen molar-refractivity contribution < 1.29 is 22.8 Å². The van der Waals surface area contributed by atoms with Gasteiger partial charge in [-0.3, -0.25) is 9.59 Å². The number of nitrogens with one attached hydrogen (secondary N) is 1. The van der Waals surface area contributed by atoms with E-state index in [0.29, 0.717) is 17.5 Å². The fourth-order valence-electron chi connectivity index (χ4n) is 6.10. The maximum Gasteiger partial charge on any atom is 0.416 e. The molecule has 0 spiro atoms. The first-order valence-electron chi connectivity index (χ1n) is 10.0. The van der Waals surface area contributed by atoms with Crippen molar-refractivity contribution in [3.05, 3.63) is 23.8 Å². The number of hydrogen-bond donors (Lipinski definition) is 1. The highest BCUT2D eigenvalue weighted by molar-refractivity contribution is 6.23. The van der Waals surface area contributed by atoms with Gasteiger partial charge in [0.15, 0.2) is 0 Å². The molecule has 1 heterocycles. The highest BCUT2D eigenvalue weighted by atomic mass is 19.4. The Labute approximate surface area is 161 Å². The van der Waals surface area contributed by atoms with Gasteiger partial charge in [0, 0.05) is 6.04 Å². The van der Waals surface area contributed by atoms with Crippen LogP contribution in [-0.4, -0.2) is 17.9 Å². The maximum atomic E-state index is 13.3. The summed E-state index contributed by atoms with van der Waals surface area (Å²) in [6.45, 7) is 3.73. The van der Waals surface area contributed by atoms with E-state index in [1.54, 1.807) is 0 Å². The maximum absolute atomic E-state index is 13.3. The van der Waals surface area contributed by atoms with Gasteiger partial charge < -0.3 is 5.32 Å². The zero-order valence-corrected chi connectivity index (χ0v) is 15.8. The smallest absolute Gasteiger partial charge is 0.381 e. The largest absolute Gasteiger partial charge is 0.416 e. The number of benzene rings is 1. The molecule has 5 fully saturated rings. The molecule has 7 heteroatoms. The van der Waals surface area contributed by atoms with Gasteiger partial charge in [0.25, 0.3) is 0 Å². The Morgan fingerprint density at radius 3 is 2.07 bits per heavy atom. The summed E-state index contributed by atoms with van der Waals surface area (Å²) < 4.78 is 40.0. The highest BCUT2D eigenvalue weighted by Gasteiger charge is 2.68. The predicted molar refractivity (Wildman–Crippen MR) is 97.5 cm³/mol. The lowest BCUT2D eigenvalue weighted by atomic mass is 9.59. The van der Waals surface area contributed by atoms with Crippen LogP contribution in [0.25, 0.3) is 0 Å². The number of alkyl halides is 3. The molecule has 2 bridgehead atoms. The van der Waals surface area contributed by atoms with Gasteiger partial charge in [-0.15, -0.1) is 0 Å². The molecule has 1 aromatic carbocycles. The highest BCUT2D eigenvalue weighted by Crippen LogP contribution is 2.68. The third-order valence-corrected chi connectivity index (χ3v) is 7.16. The monoisotopic (exact) mass is 392 g/mol. The van der Waals surface area contributed by atoms with E-state index in [0.717, 1.165) is 36.3 Å². The van der Waals surface area contributed by atoms with Crippen molar-refractivity contribution in [2.24, 2.45) is 35.5 Å². The molecule has 1 aromatic rings. The van der Waals surface area contributed by atoms with Crippen LogP contribution in [-0.2, 0) is 15.8 Å². The number of amides is 2. The molecule has 4 aliphatic carbocycles. The first-order valence-corrected chi connectivity index (χ1v) is 10.0. The van der Waals surface area contributed by atoms with Gasteiger partial charge in [-0.05, 0) is 75.0 Å². The molecule has 6 unspecified atom stereocenters. The van der Waals surface area contributed by atoms with Crippen LogP contribution in [0, 0.1) is 35.5 Å². The van der Waals surface area contributed by atoms with Crippen LogP contribution in [0.3, 0.4) is 0 Å². The Morgan fingerprint density at radius 2 is 1.57 bits per heavy atom. The second-order valence-corrected chi connectivity index (χ2v) is 9.06. The lowest BCUT2D eigenvalue weighted by Crippen LogP contribution is -2.43. The van der Waals surface area contributed by atoms with E-state index >= 15 is 0 Å². The molecule has 0 aromatic heterocycles. The minimum atomic E-state index is -4.54. The number of carbonyl (C=O) groups excluding carboxylic acids is 2. The normalized spacial score (nSPS) is 36.0. The first-order chi connectivity index (χ1) is 13.2. The Hall–Kier alpha value is -2.05. The van der Waals surface area contributed by atoms with Crippen LogP contribution in [0.1, 0.15) is 38.7 Å². The van der Waals surface area contributed by atoms with Crippen LogP contribution in [0.2, 0.25) is 0 Å². The van der Waals surface area contributed by atoms with Gasteiger partial charge in [-0.25, -0.2) is 4.90 Å². The molecule has 2 amide bonds. The quantitative estimate of drug-likeness (QED) is 0.780. The molecule has 6 atom stereocenters. The molecular formula is C21H23F3N2O2. The van der Waals surface area contributed by atoms with Crippen LogP contribution in [0.5, 0.6) is 0 Å². The molecule has 4 nitrogen and oxygen atoms in total. The fraction of sp³-hybridized carbons (Fsp3) is 0.619. The van der Waals surface area contributed by atoms with Crippen LogP contribution < -0.4 is 10.2 Å². The number of imide groups is 1. The van der Waals surface area contributed by atoms with Crippen molar-refractivity contribution in [3.8, 4) is 0 Å². The summed E-state index contributed by atoms with van der Waals surface area (Å²) in [5.74, 6) is 0.190. The average Bonchev–Trinajstić information content (AvgIpc) is 3.39. The van der Waals surface area contributed by atoms with Crippen molar-refractivity contribution in [1.29, 1.82) is 0 Å². The molecule has 4 saturated carbocycles. The van der Waals surface area contributed by atoms with Crippen molar-refractivity contribution >= 4 is 23.2 Å². The molecule has 150 valence electrons. The van der Waals surface area contributed by atoms with Gasteiger partial charge in [0.1, 0.15) is 0 Å². The fourth-order valence-corrected chi connectivity index (χ4v) is 6.10. The van der Waals surface area contributed by atoms with E-state index in [9.17, 15) is 22.8 Å². The Bertz CT molecular complexity index is 832. The number of anilines is 2. The summed E-state index contributed by atoms with van der Waals surface area (Å²) >= 11 is 0. The number of nitrogens with zero attached hydrogens (tertiary/aromatic N) is 1. The summed E-state index contributed by atoms with van der Waals surface area (Å²) in [6, 6.07) is 3.22. The Morgan fingerprint density at radius 1 is 1.00 bits per heavy atom. The minimum Gasteiger partial charge on any atom is -0.381 e. The number of carbonyl (C=O) groups is 2. The van der Waals surface area contributed by atoms with E-state index in [2.05, 4.69) is 5.32 Å². The van der Waals surface area contributed by atoms with E-state index in [4.69, 9.17) is 0 Å². The SMILES string of the molecule is CC(C)Nc1ccc(C(F)(F)F)cc1N1C(=O)C2C3CCC(C4CC43)C2C1=O. The van der Waals surface area contributed by atoms with E-state index in [-0.39, 0.29) is 47.2 Å². The average molecular weight is 392 g/mol. The summed E-state index contributed by atoms with van der Waals surface area (Å²) in [6.07, 6.45) is -1.52. The van der Waals surface area contributed by atoms with Crippen LogP contribution in [0.4, 0.5) is 24.5 Å². The summed E-state index contributed by atoms with van der Waals surface area (Å²) in [4.78, 5) is 27.7. The molecule has 1 aliphatic heterocycles. The lowest BCUT2D eigenvalue weighted by molar-refractivity contribution is -0.137. The van der Waals surface area contributed by atoms with Crippen molar-refractivity contribution in [2.45, 2.75) is 45.3 Å². The molecule has 0 radical (unpaired) electrons. The van der Waals surface area contributed by atoms with Gasteiger partial charge in [0.2, 0.25) is 11.8 Å². The Kier molecular flexibility index (Phi) is 3.69. The molecule has 6 rings (SSSR count). The lowest BCUT2D eigenvalue weighted by Gasteiger charge is -2.42. The van der Waals surface area contributed by atoms with E-state index < -0.39 is 11.7 Å². The second-order valence-electron chi connectivity index (χ2n) is 9.06. The zero-order chi connectivity index (χ0) is 20.0. The third kappa shape index (κ3) is 2.44. The summed E-state index contributed by atoms with van der Waals surface area (Å²) in [5.41, 5.74) is -0.417. The summed E-state index contributed by atoms with van der Waals surface area (Å²) in [7, 11) is 0. The minimum absolute atomic E-state index is 0.0426. The van der Waals surface area contributed by atoms with Gasteiger partial charge in [-0.1, -0.05) is 0 Å². The molecule has 28 heavy (non-hydrogen) atoms.